The van der Waals surface area contributed by atoms with Crippen LogP contribution >= 0.6 is 15.9 Å². The fraction of sp³-hybridized carbons (Fsp3) is 0.125. The van der Waals surface area contributed by atoms with Crippen molar-refractivity contribution >= 4 is 32.8 Å². The lowest BCUT2D eigenvalue weighted by molar-refractivity contribution is 0.968. The van der Waals surface area contributed by atoms with E-state index in [1.807, 2.05) is 29.9 Å². The molecule has 0 aromatic carbocycles. The summed E-state index contributed by atoms with van der Waals surface area (Å²) in [6, 6.07) is 3.91. The lowest BCUT2D eigenvalue weighted by Crippen LogP contribution is -1.92. The van der Waals surface area contributed by atoms with Crippen LogP contribution in [0.4, 0.5) is 5.82 Å². The molecule has 0 radical (unpaired) electrons. The molecule has 2 rings (SSSR count). The number of halogens is 1. The van der Waals surface area contributed by atoms with Crippen LogP contribution in [-0.4, -0.2) is 9.55 Å². The van der Waals surface area contributed by atoms with E-state index < -0.39 is 0 Å². The van der Waals surface area contributed by atoms with Gasteiger partial charge in [0.15, 0.2) is 0 Å². The molecule has 12 heavy (non-hydrogen) atoms. The standard InChI is InChI=1S/C8H8BrN3/c1-12-3-2-6-7(12)4-5(9)8(10)11-6/h2-4H,1H3,(H2,10,11). The Hall–Kier alpha value is -1.03. The number of anilines is 1. The summed E-state index contributed by atoms with van der Waals surface area (Å²) < 4.78 is 2.85. The number of hydrogen-bond donors (Lipinski definition) is 1. The van der Waals surface area contributed by atoms with Crippen molar-refractivity contribution in [3.63, 3.8) is 0 Å². The van der Waals surface area contributed by atoms with Crippen molar-refractivity contribution < 1.29 is 0 Å². The Morgan fingerprint density at radius 3 is 3.08 bits per heavy atom. The van der Waals surface area contributed by atoms with E-state index in [2.05, 4.69) is 20.9 Å². The molecule has 2 aromatic rings. The molecule has 0 atom stereocenters. The van der Waals surface area contributed by atoms with Gasteiger partial charge in [-0.15, -0.1) is 0 Å². The first-order valence-corrected chi connectivity index (χ1v) is 4.35. The third-order valence-electron chi connectivity index (χ3n) is 1.85. The molecule has 2 heterocycles. The van der Waals surface area contributed by atoms with E-state index in [-0.39, 0.29) is 0 Å². The molecule has 2 aromatic heterocycles. The Kier molecular flexibility index (Phi) is 1.58. The first-order valence-electron chi connectivity index (χ1n) is 3.55. The number of nitrogens with zero attached hydrogens (tertiary/aromatic N) is 2. The maximum atomic E-state index is 5.63. The van der Waals surface area contributed by atoms with Gasteiger partial charge in [-0.3, -0.25) is 0 Å². The van der Waals surface area contributed by atoms with Gasteiger partial charge in [0.2, 0.25) is 0 Å². The second-order valence-electron chi connectivity index (χ2n) is 2.69. The number of rotatable bonds is 0. The number of aromatic nitrogens is 2. The van der Waals surface area contributed by atoms with E-state index in [0.29, 0.717) is 5.82 Å². The highest BCUT2D eigenvalue weighted by molar-refractivity contribution is 9.10. The summed E-state index contributed by atoms with van der Waals surface area (Å²) in [5.74, 6) is 0.536. The van der Waals surface area contributed by atoms with E-state index >= 15 is 0 Å². The van der Waals surface area contributed by atoms with Crippen molar-refractivity contribution in [2.24, 2.45) is 7.05 Å². The summed E-state index contributed by atoms with van der Waals surface area (Å²) in [6.07, 6.45) is 1.96. The molecule has 0 saturated carbocycles. The Balaban J connectivity index is 2.87. The topological polar surface area (TPSA) is 43.8 Å². The van der Waals surface area contributed by atoms with Crippen LogP contribution in [0.1, 0.15) is 0 Å². The molecule has 0 fully saturated rings. The van der Waals surface area contributed by atoms with Crippen molar-refractivity contribution in [2.75, 3.05) is 5.73 Å². The van der Waals surface area contributed by atoms with E-state index in [1.54, 1.807) is 0 Å². The zero-order valence-electron chi connectivity index (χ0n) is 6.58. The molecule has 0 spiro atoms. The SMILES string of the molecule is Cn1ccc2nc(N)c(Br)cc21. The van der Waals surface area contributed by atoms with Crippen LogP contribution in [0.3, 0.4) is 0 Å². The largest absolute Gasteiger partial charge is 0.383 e. The smallest absolute Gasteiger partial charge is 0.138 e. The number of nitrogens with two attached hydrogens (primary N) is 1. The summed E-state index contributed by atoms with van der Waals surface area (Å²) in [6.45, 7) is 0. The molecule has 3 nitrogen and oxygen atoms in total. The highest BCUT2D eigenvalue weighted by Crippen LogP contribution is 2.22. The summed E-state index contributed by atoms with van der Waals surface area (Å²) >= 11 is 3.33. The van der Waals surface area contributed by atoms with Crippen LogP contribution in [-0.2, 0) is 7.05 Å². The summed E-state index contributed by atoms with van der Waals surface area (Å²) in [4.78, 5) is 4.21. The van der Waals surface area contributed by atoms with E-state index in [1.165, 1.54) is 0 Å². The quantitative estimate of drug-likeness (QED) is 0.745. The molecule has 2 N–H and O–H groups in total. The molecule has 0 aliphatic rings. The highest BCUT2D eigenvalue weighted by Gasteiger charge is 2.02. The summed E-state index contributed by atoms with van der Waals surface area (Å²) in [5.41, 5.74) is 7.64. The van der Waals surface area contributed by atoms with Gasteiger partial charge >= 0.3 is 0 Å². The van der Waals surface area contributed by atoms with Gasteiger partial charge in [-0.2, -0.15) is 0 Å². The van der Waals surface area contributed by atoms with Gasteiger partial charge in [-0.05, 0) is 28.1 Å². The molecule has 4 heteroatoms. The van der Waals surface area contributed by atoms with Crippen molar-refractivity contribution in [2.45, 2.75) is 0 Å². The maximum absolute atomic E-state index is 5.63. The van der Waals surface area contributed by atoms with Crippen LogP contribution < -0.4 is 5.73 Å². The number of nitrogen functional groups attached to an aromatic ring is 1. The Morgan fingerprint density at radius 2 is 2.33 bits per heavy atom. The molecule has 62 valence electrons. The van der Waals surface area contributed by atoms with E-state index in [0.717, 1.165) is 15.5 Å². The van der Waals surface area contributed by atoms with Crippen molar-refractivity contribution in [1.29, 1.82) is 0 Å². The van der Waals surface area contributed by atoms with Gasteiger partial charge in [-0.1, -0.05) is 0 Å². The van der Waals surface area contributed by atoms with Gasteiger partial charge in [0.05, 0.1) is 15.5 Å². The van der Waals surface area contributed by atoms with Crippen molar-refractivity contribution in [3.8, 4) is 0 Å². The number of fused-ring (bicyclic) bond motifs is 1. The molecule has 0 amide bonds. The first-order chi connectivity index (χ1) is 5.68. The molecule has 0 bridgehead atoms. The minimum absolute atomic E-state index is 0.536. The van der Waals surface area contributed by atoms with E-state index in [4.69, 9.17) is 5.73 Å². The third-order valence-corrected chi connectivity index (χ3v) is 2.48. The van der Waals surface area contributed by atoms with Crippen LogP contribution in [0.25, 0.3) is 11.0 Å². The first kappa shape index (κ1) is 7.61. The minimum atomic E-state index is 0.536. The maximum Gasteiger partial charge on any atom is 0.138 e. The number of pyridine rings is 1. The van der Waals surface area contributed by atoms with Crippen LogP contribution in [0.2, 0.25) is 0 Å². The predicted octanol–water partition coefficient (Wildman–Crippen LogP) is 1.92. The number of aryl methyl sites for hydroxylation is 1. The van der Waals surface area contributed by atoms with Crippen LogP contribution in [0, 0.1) is 0 Å². The molecule has 0 aliphatic heterocycles. The molecular formula is C8H8BrN3. The monoisotopic (exact) mass is 225 g/mol. The second kappa shape index (κ2) is 2.48. The average Bonchev–Trinajstić information content (AvgIpc) is 2.35. The van der Waals surface area contributed by atoms with Gasteiger partial charge in [0, 0.05) is 13.2 Å². The highest BCUT2D eigenvalue weighted by atomic mass is 79.9. The average molecular weight is 226 g/mol. The number of hydrogen-bond acceptors (Lipinski definition) is 2. The Labute approximate surface area is 78.3 Å². The zero-order valence-corrected chi connectivity index (χ0v) is 8.17. The van der Waals surface area contributed by atoms with Gasteiger partial charge in [-0.25, -0.2) is 4.98 Å². The normalized spacial score (nSPS) is 10.8. The third kappa shape index (κ3) is 0.992. The predicted molar refractivity (Wildman–Crippen MR) is 52.8 cm³/mol. The van der Waals surface area contributed by atoms with Gasteiger partial charge in [0.1, 0.15) is 5.82 Å². The molecule has 0 aliphatic carbocycles. The zero-order chi connectivity index (χ0) is 8.72. The molecule has 0 unspecified atom stereocenters. The summed E-state index contributed by atoms with van der Waals surface area (Å²) in [7, 11) is 1.98. The fourth-order valence-corrected chi connectivity index (χ4v) is 1.48. The Bertz CT molecular complexity index is 433. The van der Waals surface area contributed by atoms with E-state index in [9.17, 15) is 0 Å². The second-order valence-corrected chi connectivity index (χ2v) is 3.54. The van der Waals surface area contributed by atoms with Gasteiger partial charge in [0.25, 0.3) is 0 Å². The Morgan fingerprint density at radius 1 is 1.58 bits per heavy atom. The summed E-state index contributed by atoms with van der Waals surface area (Å²) in [5, 5.41) is 0. The van der Waals surface area contributed by atoms with Crippen molar-refractivity contribution in [1.82, 2.24) is 9.55 Å². The lowest BCUT2D eigenvalue weighted by atomic mass is 10.4. The van der Waals surface area contributed by atoms with Crippen molar-refractivity contribution in [3.05, 3.63) is 22.8 Å². The molecular weight excluding hydrogens is 218 g/mol. The van der Waals surface area contributed by atoms with Gasteiger partial charge < -0.3 is 10.3 Å². The van der Waals surface area contributed by atoms with Crippen LogP contribution in [0.5, 0.6) is 0 Å². The fourth-order valence-electron chi connectivity index (χ4n) is 1.18. The minimum Gasteiger partial charge on any atom is -0.383 e. The molecule has 0 saturated heterocycles. The lowest BCUT2D eigenvalue weighted by Gasteiger charge is -1.99. The van der Waals surface area contributed by atoms with Crippen LogP contribution in [0.15, 0.2) is 22.8 Å².